The first-order chi connectivity index (χ1) is 6.86. The molecule has 14 heavy (non-hydrogen) atoms. The highest BCUT2D eigenvalue weighted by Crippen LogP contribution is 2.09. The van der Waals surface area contributed by atoms with Gasteiger partial charge in [-0.25, -0.2) is 4.79 Å². The number of piperidine rings is 1. The van der Waals surface area contributed by atoms with Gasteiger partial charge in [-0.05, 0) is 25.8 Å². The Morgan fingerprint density at radius 3 is 2.93 bits per heavy atom. The van der Waals surface area contributed by atoms with Gasteiger partial charge in [-0.1, -0.05) is 6.42 Å². The Morgan fingerprint density at radius 2 is 2.21 bits per heavy atom. The van der Waals surface area contributed by atoms with E-state index in [-0.39, 0.29) is 6.03 Å². The molecule has 2 heterocycles. The van der Waals surface area contributed by atoms with Gasteiger partial charge in [-0.3, -0.25) is 0 Å². The van der Waals surface area contributed by atoms with E-state index in [1.54, 1.807) is 0 Å². The van der Waals surface area contributed by atoms with Gasteiger partial charge in [0.1, 0.15) is 0 Å². The van der Waals surface area contributed by atoms with E-state index in [2.05, 4.69) is 10.6 Å². The highest BCUT2D eigenvalue weighted by molar-refractivity contribution is 5.74. The molecule has 2 aliphatic heterocycles. The molecule has 2 saturated heterocycles. The van der Waals surface area contributed by atoms with Crippen LogP contribution in [0.2, 0.25) is 0 Å². The maximum absolute atomic E-state index is 11.5. The first-order valence-corrected chi connectivity index (χ1v) is 5.62. The molecular formula is C10H19N3O. The largest absolute Gasteiger partial charge is 0.338 e. The quantitative estimate of drug-likeness (QED) is 0.679. The fourth-order valence-corrected chi connectivity index (χ4v) is 2.20. The molecule has 0 saturated carbocycles. The van der Waals surface area contributed by atoms with E-state index in [1.807, 2.05) is 4.90 Å². The number of nitrogens with one attached hydrogen (secondary N) is 2. The molecule has 0 spiro atoms. The molecule has 0 aromatic carbocycles. The zero-order chi connectivity index (χ0) is 9.80. The monoisotopic (exact) mass is 197 g/mol. The molecule has 2 N–H and O–H groups in total. The SMILES string of the molecule is O=C1NCCCN1CC1CCCCN1. The van der Waals surface area contributed by atoms with Gasteiger partial charge in [0.25, 0.3) is 0 Å². The van der Waals surface area contributed by atoms with Gasteiger partial charge in [0.2, 0.25) is 0 Å². The molecule has 2 fully saturated rings. The third-order valence-electron chi connectivity index (χ3n) is 3.02. The second-order valence-electron chi connectivity index (χ2n) is 4.18. The fraction of sp³-hybridized carbons (Fsp3) is 0.900. The number of carbonyl (C=O) groups excluding carboxylic acids is 1. The summed E-state index contributed by atoms with van der Waals surface area (Å²) in [7, 11) is 0. The van der Waals surface area contributed by atoms with Gasteiger partial charge >= 0.3 is 6.03 Å². The van der Waals surface area contributed by atoms with E-state index in [9.17, 15) is 4.79 Å². The van der Waals surface area contributed by atoms with Crippen molar-refractivity contribution < 1.29 is 4.79 Å². The van der Waals surface area contributed by atoms with E-state index in [4.69, 9.17) is 0 Å². The third kappa shape index (κ3) is 2.38. The Hall–Kier alpha value is -0.770. The van der Waals surface area contributed by atoms with E-state index < -0.39 is 0 Å². The summed E-state index contributed by atoms with van der Waals surface area (Å²) in [6, 6.07) is 0.635. The van der Waals surface area contributed by atoms with Crippen molar-refractivity contribution in [3.05, 3.63) is 0 Å². The van der Waals surface area contributed by atoms with Gasteiger partial charge < -0.3 is 15.5 Å². The predicted molar refractivity (Wildman–Crippen MR) is 55.2 cm³/mol. The number of carbonyl (C=O) groups is 1. The number of hydrogen-bond acceptors (Lipinski definition) is 2. The number of amides is 2. The van der Waals surface area contributed by atoms with Crippen molar-refractivity contribution in [2.75, 3.05) is 26.2 Å². The van der Waals surface area contributed by atoms with Crippen LogP contribution in [0.4, 0.5) is 4.79 Å². The van der Waals surface area contributed by atoms with Crippen LogP contribution in [0, 0.1) is 0 Å². The van der Waals surface area contributed by atoms with Gasteiger partial charge in [-0.2, -0.15) is 0 Å². The maximum Gasteiger partial charge on any atom is 0.317 e. The van der Waals surface area contributed by atoms with Crippen molar-refractivity contribution in [1.82, 2.24) is 15.5 Å². The Labute approximate surface area is 85.0 Å². The highest BCUT2D eigenvalue weighted by Gasteiger charge is 2.22. The zero-order valence-electron chi connectivity index (χ0n) is 8.59. The van der Waals surface area contributed by atoms with Gasteiger partial charge in [-0.15, -0.1) is 0 Å². The first-order valence-electron chi connectivity index (χ1n) is 5.62. The molecule has 4 nitrogen and oxygen atoms in total. The smallest absolute Gasteiger partial charge is 0.317 e. The van der Waals surface area contributed by atoms with Gasteiger partial charge in [0, 0.05) is 25.7 Å². The molecule has 2 rings (SSSR count). The summed E-state index contributed by atoms with van der Waals surface area (Å²) >= 11 is 0. The van der Waals surface area contributed by atoms with Crippen molar-refractivity contribution in [3.63, 3.8) is 0 Å². The van der Waals surface area contributed by atoms with Crippen LogP contribution in [0.25, 0.3) is 0 Å². The lowest BCUT2D eigenvalue weighted by atomic mass is 10.0. The second-order valence-corrected chi connectivity index (χ2v) is 4.18. The molecule has 0 radical (unpaired) electrons. The van der Waals surface area contributed by atoms with Crippen LogP contribution in [-0.4, -0.2) is 43.2 Å². The average molecular weight is 197 g/mol. The Morgan fingerprint density at radius 1 is 1.29 bits per heavy atom. The Kier molecular flexibility index (Phi) is 3.24. The van der Waals surface area contributed by atoms with E-state index in [1.165, 1.54) is 19.3 Å². The van der Waals surface area contributed by atoms with Crippen LogP contribution in [0.1, 0.15) is 25.7 Å². The standard InChI is InChI=1S/C10H19N3O/c14-10-12-6-3-7-13(10)8-9-4-1-2-5-11-9/h9,11H,1-8H2,(H,12,14). The predicted octanol–water partition coefficient (Wildman–Crippen LogP) is 0.544. The first kappa shape index (κ1) is 9.77. The summed E-state index contributed by atoms with van der Waals surface area (Å²) in [4.78, 5) is 13.4. The summed E-state index contributed by atoms with van der Waals surface area (Å²) < 4.78 is 0. The second kappa shape index (κ2) is 4.64. The van der Waals surface area contributed by atoms with E-state index in [0.29, 0.717) is 6.04 Å². The molecule has 0 aliphatic carbocycles. The lowest BCUT2D eigenvalue weighted by molar-refractivity contribution is 0.175. The number of rotatable bonds is 2. The maximum atomic E-state index is 11.5. The fourth-order valence-electron chi connectivity index (χ4n) is 2.20. The molecule has 1 atom stereocenters. The summed E-state index contributed by atoms with van der Waals surface area (Å²) in [5, 5.41) is 6.35. The van der Waals surface area contributed by atoms with Crippen molar-refractivity contribution >= 4 is 6.03 Å². The van der Waals surface area contributed by atoms with Crippen LogP contribution < -0.4 is 10.6 Å². The minimum atomic E-state index is 0.114. The summed E-state index contributed by atoms with van der Waals surface area (Å²) in [6.07, 6.45) is 4.87. The van der Waals surface area contributed by atoms with Gasteiger partial charge in [0.05, 0.1) is 0 Å². The minimum absolute atomic E-state index is 0.114. The summed E-state index contributed by atoms with van der Waals surface area (Å²) in [5.74, 6) is 0. The van der Waals surface area contributed by atoms with Crippen LogP contribution in [0.3, 0.4) is 0 Å². The Balaban J connectivity index is 1.79. The average Bonchev–Trinajstić information content (AvgIpc) is 2.23. The van der Waals surface area contributed by atoms with Gasteiger partial charge in [0.15, 0.2) is 0 Å². The summed E-state index contributed by atoms with van der Waals surface area (Å²) in [5.41, 5.74) is 0. The lowest BCUT2D eigenvalue weighted by Gasteiger charge is -2.33. The summed E-state index contributed by atoms with van der Waals surface area (Å²) in [6.45, 7) is 3.75. The minimum Gasteiger partial charge on any atom is -0.338 e. The van der Waals surface area contributed by atoms with Crippen molar-refractivity contribution in [1.29, 1.82) is 0 Å². The topological polar surface area (TPSA) is 44.4 Å². The third-order valence-corrected chi connectivity index (χ3v) is 3.02. The molecule has 2 amide bonds. The van der Waals surface area contributed by atoms with Crippen molar-refractivity contribution in [2.45, 2.75) is 31.7 Å². The molecule has 0 bridgehead atoms. The molecule has 0 aromatic rings. The number of nitrogens with zero attached hydrogens (tertiary/aromatic N) is 1. The molecular weight excluding hydrogens is 178 g/mol. The van der Waals surface area contributed by atoms with Crippen LogP contribution >= 0.6 is 0 Å². The highest BCUT2D eigenvalue weighted by atomic mass is 16.2. The van der Waals surface area contributed by atoms with Crippen LogP contribution in [-0.2, 0) is 0 Å². The van der Waals surface area contributed by atoms with Crippen LogP contribution in [0.15, 0.2) is 0 Å². The number of hydrogen-bond donors (Lipinski definition) is 2. The molecule has 80 valence electrons. The lowest BCUT2D eigenvalue weighted by Crippen LogP contribution is -2.52. The van der Waals surface area contributed by atoms with E-state index in [0.717, 1.165) is 32.6 Å². The van der Waals surface area contributed by atoms with Crippen LogP contribution in [0.5, 0.6) is 0 Å². The van der Waals surface area contributed by atoms with Crippen molar-refractivity contribution in [2.24, 2.45) is 0 Å². The molecule has 4 heteroatoms. The van der Waals surface area contributed by atoms with E-state index >= 15 is 0 Å². The molecule has 0 aromatic heterocycles. The Bertz CT molecular complexity index is 202. The van der Waals surface area contributed by atoms with Crippen molar-refractivity contribution in [3.8, 4) is 0 Å². The normalized spacial score (nSPS) is 28.7. The molecule has 2 aliphatic rings. The zero-order valence-corrected chi connectivity index (χ0v) is 8.59. The number of urea groups is 1. The molecule has 1 unspecified atom stereocenters.